The highest BCUT2D eigenvalue weighted by molar-refractivity contribution is 7.99. The van der Waals surface area contributed by atoms with Gasteiger partial charge in [0.25, 0.3) is 0 Å². The molecule has 0 amide bonds. The second-order valence-electron chi connectivity index (χ2n) is 4.26. The van der Waals surface area contributed by atoms with E-state index < -0.39 is 0 Å². The minimum atomic E-state index is 0.959. The fourth-order valence-corrected chi connectivity index (χ4v) is 3.06. The molecule has 0 aromatic heterocycles. The van der Waals surface area contributed by atoms with Crippen molar-refractivity contribution in [1.82, 2.24) is 5.32 Å². The summed E-state index contributed by atoms with van der Waals surface area (Å²) in [5.74, 6) is 2.51. The minimum absolute atomic E-state index is 0.959. The van der Waals surface area contributed by atoms with Crippen LogP contribution in [0.5, 0.6) is 0 Å². The van der Waals surface area contributed by atoms with Gasteiger partial charge in [0.15, 0.2) is 0 Å². The third-order valence-electron chi connectivity index (χ3n) is 2.95. The predicted molar refractivity (Wildman–Crippen MR) is 96.2 cm³/mol. The van der Waals surface area contributed by atoms with Gasteiger partial charge in [-0.25, -0.2) is 0 Å². The average Bonchev–Trinajstić information content (AvgIpc) is 2.53. The summed E-state index contributed by atoms with van der Waals surface area (Å²) in [4.78, 5) is 2.52. The SMILES string of the molecule is CC.CC.CNCc1cc(C)ccc1N1CCSCC1. The third-order valence-corrected chi connectivity index (χ3v) is 3.90. The fourth-order valence-electron chi connectivity index (χ4n) is 2.16. The summed E-state index contributed by atoms with van der Waals surface area (Å²) >= 11 is 2.06. The van der Waals surface area contributed by atoms with Crippen molar-refractivity contribution in [2.24, 2.45) is 0 Å². The summed E-state index contributed by atoms with van der Waals surface area (Å²) in [6, 6.07) is 6.79. The van der Waals surface area contributed by atoms with Crippen molar-refractivity contribution in [2.75, 3.05) is 36.5 Å². The van der Waals surface area contributed by atoms with Gasteiger partial charge in [-0.1, -0.05) is 45.4 Å². The van der Waals surface area contributed by atoms with E-state index in [1.165, 1.54) is 41.4 Å². The number of thioether (sulfide) groups is 1. The second kappa shape index (κ2) is 12.1. The topological polar surface area (TPSA) is 15.3 Å². The Morgan fingerprint density at radius 1 is 1.10 bits per heavy atom. The summed E-state index contributed by atoms with van der Waals surface area (Å²) in [6.07, 6.45) is 0. The lowest BCUT2D eigenvalue weighted by Gasteiger charge is -2.30. The van der Waals surface area contributed by atoms with Crippen molar-refractivity contribution >= 4 is 17.4 Å². The van der Waals surface area contributed by atoms with Gasteiger partial charge < -0.3 is 10.2 Å². The molecule has 1 saturated heterocycles. The number of benzene rings is 1. The van der Waals surface area contributed by atoms with E-state index in [0.29, 0.717) is 0 Å². The van der Waals surface area contributed by atoms with Gasteiger partial charge >= 0.3 is 0 Å². The zero-order valence-electron chi connectivity index (χ0n) is 14.1. The van der Waals surface area contributed by atoms with Crippen LogP contribution in [0.4, 0.5) is 5.69 Å². The lowest BCUT2D eigenvalue weighted by atomic mass is 10.1. The largest absolute Gasteiger partial charge is 0.370 e. The van der Waals surface area contributed by atoms with E-state index in [-0.39, 0.29) is 0 Å². The highest BCUT2D eigenvalue weighted by Gasteiger charge is 2.14. The molecule has 0 spiro atoms. The Balaban J connectivity index is 0.000000829. The predicted octanol–water partition coefficient (Wildman–Crippen LogP) is 4.32. The molecule has 0 bridgehead atoms. The zero-order chi connectivity index (χ0) is 15.4. The van der Waals surface area contributed by atoms with E-state index >= 15 is 0 Å². The number of rotatable bonds is 3. The first kappa shape index (κ1) is 19.3. The third kappa shape index (κ3) is 6.19. The van der Waals surface area contributed by atoms with Crippen molar-refractivity contribution in [2.45, 2.75) is 41.2 Å². The molecular weight excluding hydrogens is 264 g/mol. The van der Waals surface area contributed by atoms with E-state index in [0.717, 1.165) is 6.54 Å². The van der Waals surface area contributed by atoms with E-state index in [9.17, 15) is 0 Å². The van der Waals surface area contributed by atoms with Gasteiger partial charge in [0.2, 0.25) is 0 Å². The molecule has 1 N–H and O–H groups in total. The quantitative estimate of drug-likeness (QED) is 0.894. The van der Waals surface area contributed by atoms with E-state index in [1.807, 2.05) is 34.7 Å². The molecule has 20 heavy (non-hydrogen) atoms. The second-order valence-corrected chi connectivity index (χ2v) is 5.49. The molecule has 0 aliphatic carbocycles. The fraction of sp³-hybridized carbons (Fsp3) is 0.647. The maximum atomic E-state index is 3.26. The molecular formula is C17H32N2S. The maximum absolute atomic E-state index is 3.26. The Morgan fingerprint density at radius 3 is 2.25 bits per heavy atom. The molecule has 1 aromatic rings. The maximum Gasteiger partial charge on any atom is 0.0412 e. The van der Waals surface area contributed by atoms with Crippen LogP contribution in [0.3, 0.4) is 0 Å². The molecule has 1 aliphatic rings. The standard InChI is InChI=1S/C13H20N2S.2C2H6/c1-11-3-4-13(12(9-11)10-14-2)15-5-7-16-8-6-15;2*1-2/h3-4,9,14H,5-8,10H2,1-2H3;2*1-2H3. The van der Waals surface area contributed by atoms with Crippen LogP contribution in [0, 0.1) is 6.92 Å². The molecule has 0 atom stereocenters. The van der Waals surface area contributed by atoms with Gasteiger partial charge in [0.1, 0.15) is 0 Å². The van der Waals surface area contributed by atoms with E-state index in [1.54, 1.807) is 0 Å². The molecule has 3 heteroatoms. The molecule has 0 unspecified atom stereocenters. The van der Waals surface area contributed by atoms with Gasteiger partial charge in [0.05, 0.1) is 0 Å². The summed E-state index contributed by atoms with van der Waals surface area (Å²) < 4.78 is 0. The van der Waals surface area contributed by atoms with Crippen molar-refractivity contribution in [3.8, 4) is 0 Å². The molecule has 116 valence electrons. The number of nitrogens with one attached hydrogen (secondary N) is 1. The van der Waals surface area contributed by atoms with Crippen LogP contribution in [0.25, 0.3) is 0 Å². The number of nitrogens with zero attached hydrogens (tertiary/aromatic N) is 1. The van der Waals surface area contributed by atoms with Crippen LogP contribution in [0.2, 0.25) is 0 Å². The molecule has 0 radical (unpaired) electrons. The molecule has 1 fully saturated rings. The van der Waals surface area contributed by atoms with E-state index in [2.05, 4.69) is 47.1 Å². The number of hydrogen-bond donors (Lipinski definition) is 1. The summed E-state index contributed by atoms with van der Waals surface area (Å²) in [7, 11) is 2.01. The van der Waals surface area contributed by atoms with Gasteiger partial charge in [0, 0.05) is 36.8 Å². The lowest BCUT2D eigenvalue weighted by molar-refractivity contribution is 0.793. The molecule has 2 nitrogen and oxygen atoms in total. The highest BCUT2D eigenvalue weighted by atomic mass is 32.2. The Hall–Kier alpha value is -0.670. The van der Waals surface area contributed by atoms with Crippen molar-refractivity contribution in [3.63, 3.8) is 0 Å². The van der Waals surface area contributed by atoms with Crippen LogP contribution in [0.15, 0.2) is 18.2 Å². The number of anilines is 1. The van der Waals surface area contributed by atoms with Crippen molar-refractivity contribution in [1.29, 1.82) is 0 Å². The van der Waals surface area contributed by atoms with Gasteiger partial charge in [-0.3, -0.25) is 0 Å². The number of hydrogen-bond acceptors (Lipinski definition) is 3. The van der Waals surface area contributed by atoms with Crippen molar-refractivity contribution < 1.29 is 0 Å². The Labute approximate surface area is 130 Å². The highest BCUT2D eigenvalue weighted by Crippen LogP contribution is 2.24. The Bertz CT molecular complexity index is 347. The Kier molecular flexibility index (Phi) is 11.7. The van der Waals surface area contributed by atoms with Crippen LogP contribution < -0.4 is 10.2 Å². The summed E-state index contributed by atoms with van der Waals surface area (Å²) in [5.41, 5.74) is 4.19. The molecule has 1 heterocycles. The lowest BCUT2D eigenvalue weighted by Crippen LogP contribution is -2.33. The first-order valence-electron chi connectivity index (χ1n) is 7.88. The normalized spacial score (nSPS) is 13.8. The van der Waals surface area contributed by atoms with Crippen LogP contribution in [-0.2, 0) is 6.54 Å². The first-order chi connectivity index (χ1) is 9.81. The van der Waals surface area contributed by atoms with Gasteiger partial charge in [-0.05, 0) is 25.6 Å². The molecule has 0 saturated carbocycles. The van der Waals surface area contributed by atoms with Crippen LogP contribution in [0.1, 0.15) is 38.8 Å². The summed E-state index contributed by atoms with van der Waals surface area (Å²) in [5, 5.41) is 3.26. The molecule has 2 rings (SSSR count). The zero-order valence-corrected chi connectivity index (χ0v) is 14.9. The first-order valence-corrected chi connectivity index (χ1v) is 9.03. The average molecular weight is 297 g/mol. The van der Waals surface area contributed by atoms with Crippen LogP contribution >= 0.6 is 11.8 Å². The van der Waals surface area contributed by atoms with Gasteiger partial charge in [-0.15, -0.1) is 0 Å². The van der Waals surface area contributed by atoms with Gasteiger partial charge in [-0.2, -0.15) is 11.8 Å². The minimum Gasteiger partial charge on any atom is -0.370 e. The summed E-state index contributed by atoms with van der Waals surface area (Å²) in [6.45, 7) is 13.5. The Morgan fingerprint density at radius 2 is 1.70 bits per heavy atom. The van der Waals surface area contributed by atoms with Crippen molar-refractivity contribution in [3.05, 3.63) is 29.3 Å². The van der Waals surface area contributed by atoms with Crippen LogP contribution in [-0.4, -0.2) is 31.6 Å². The monoisotopic (exact) mass is 296 g/mol. The number of aryl methyl sites for hydroxylation is 1. The van der Waals surface area contributed by atoms with E-state index in [4.69, 9.17) is 0 Å². The molecule has 1 aliphatic heterocycles. The molecule has 1 aromatic carbocycles. The smallest absolute Gasteiger partial charge is 0.0412 e.